The molecule has 0 aliphatic rings. The maximum Gasteiger partial charge on any atom is 0.252 e. The van der Waals surface area contributed by atoms with Crippen molar-refractivity contribution in [1.82, 2.24) is 9.97 Å². The molecule has 5 heteroatoms. The van der Waals surface area contributed by atoms with E-state index in [2.05, 4.69) is 15.3 Å². The number of anilines is 1. The Morgan fingerprint density at radius 1 is 1.56 bits per heavy atom. The highest BCUT2D eigenvalue weighted by Gasteiger charge is 2.06. The number of nitrogens with one attached hydrogen (secondary N) is 2. The number of aromatic nitrogens is 2. The van der Waals surface area contributed by atoms with Gasteiger partial charge < -0.3 is 15.4 Å². The van der Waals surface area contributed by atoms with Crippen LogP contribution in [-0.4, -0.2) is 27.7 Å². The van der Waals surface area contributed by atoms with E-state index in [9.17, 15) is 9.90 Å². The lowest BCUT2D eigenvalue weighted by molar-refractivity contribution is 0.183. The van der Waals surface area contributed by atoms with Gasteiger partial charge in [-0.05, 0) is 6.42 Å². The van der Waals surface area contributed by atoms with Crippen molar-refractivity contribution in [3.63, 3.8) is 0 Å². The molecule has 0 fully saturated rings. The highest BCUT2D eigenvalue weighted by molar-refractivity contribution is 5.33. The van der Waals surface area contributed by atoms with Gasteiger partial charge >= 0.3 is 0 Å². The van der Waals surface area contributed by atoms with E-state index in [-0.39, 0.29) is 11.5 Å². The maximum absolute atomic E-state index is 11.3. The summed E-state index contributed by atoms with van der Waals surface area (Å²) in [5.41, 5.74) is -0.174. The van der Waals surface area contributed by atoms with Crippen LogP contribution in [0.1, 0.15) is 38.9 Å². The van der Waals surface area contributed by atoms with Gasteiger partial charge in [-0.2, -0.15) is 0 Å². The standard InChI is InChI=1S/C11H19N3O2/c1-4-8(15)6-12-9-5-10(16)14-11(13-9)7(2)3/h5,7-8,15H,4,6H2,1-3H3,(H2,12,13,14,16). The molecule has 5 nitrogen and oxygen atoms in total. The van der Waals surface area contributed by atoms with Gasteiger partial charge in [0.15, 0.2) is 0 Å². The number of aromatic amines is 1. The van der Waals surface area contributed by atoms with Crippen molar-refractivity contribution in [1.29, 1.82) is 0 Å². The molecular weight excluding hydrogens is 206 g/mol. The first kappa shape index (κ1) is 12.7. The molecule has 90 valence electrons. The van der Waals surface area contributed by atoms with Crippen molar-refractivity contribution in [3.05, 3.63) is 22.2 Å². The van der Waals surface area contributed by atoms with Crippen LogP contribution >= 0.6 is 0 Å². The third-order valence-corrected chi connectivity index (χ3v) is 2.30. The predicted octanol–water partition coefficient (Wildman–Crippen LogP) is 1.08. The highest BCUT2D eigenvalue weighted by atomic mass is 16.3. The van der Waals surface area contributed by atoms with Crippen molar-refractivity contribution < 1.29 is 5.11 Å². The van der Waals surface area contributed by atoms with Crippen molar-refractivity contribution in [2.75, 3.05) is 11.9 Å². The number of aliphatic hydroxyl groups is 1. The second-order valence-corrected chi connectivity index (χ2v) is 4.11. The van der Waals surface area contributed by atoms with Crippen LogP contribution < -0.4 is 10.9 Å². The minimum Gasteiger partial charge on any atom is -0.391 e. The molecule has 0 aliphatic carbocycles. The van der Waals surface area contributed by atoms with Crippen molar-refractivity contribution in [3.8, 4) is 0 Å². The molecule has 0 amide bonds. The fourth-order valence-corrected chi connectivity index (χ4v) is 1.21. The molecule has 1 aromatic rings. The zero-order valence-electron chi connectivity index (χ0n) is 9.95. The van der Waals surface area contributed by atoms with Gasteiger partial charge in [0.2, 0.25) is 0 Å². The van der Waals surface area contributed by atoms with E-state index < -0.39 is 6.10 Å². The number of aliphatic hydroxyl groups excluding tert-OH is 1. The largest absolute Gasteiger partial charge is 0.391 e. The van der Waals surface area contributed by atoms with Gasteiger partial charge in [-0.25, -0.2) is 4.98 Å². The summed E-state index contributed by atoms with van der Waals surface area (Å²) in [6.45, 7) is 6.23. The van der Waals surface area contributed by atoms with Crippen molar-refractivity contribution in [2.45, 2.75) is 39.2 Å². The summed E-state index contributed by atoms with van der Waals surface area (Å²) in [5.74, 6) is 1.34. The van der Waals surface area contributed by atoms with Crippen LogP contribution in [0.2, 0.25) is 0 Å². The van der Waals surface area contributed by atoms with Crippen LogP contribution in [0, 0.1) is 0 Å². The topological polar surface area (TPSA) is 78.0 Å². The molecule has 1 aromatic heterocycles. The van der Waals surface area contributed by atoms with Gasteiger partial charge in [-0.3, -0.25) is 4.79 Å². The zero-order chi connectivity index (χ0) is 12.1. The van der Waals surface area contributed by atoms with E-state index in [1.807, 2.05) is 20.8 Å². The van der Waals surface area contributed by atoms with E-state index in [0.717, 1.165) is 0 Å². The second kappa shape index (κ2) is 5.65. The molecule has 0 spiro atoms. The van der Waals surface area contributed by atoms with E-state index >= 15 is 0 Å². The van der Waals surface area contributed by atoms with E-state index in [1.54, 1.807) is 0 Å². The average molecular weight is 225 g/mol. The Hall–Kier alpha value is -1.36. The number of hydrogen-bond acceptors (Lipinski definition) is 4. The Labute approximate surface area is 94.9 Å². The van der Waals surface area contributed by atoms with Crippen LogP contribution in [0.15, 0.2) is 10.9 Å². The fourth-order valence-electron chi connectivity index (χ4n) is 1.21. The SMILES string of the molecule is CCC(O)CNc1cc(=O)[nH]c(C(C)C)n1. The first-order chi connectivity index (χ1) is 7.52. The number of hydrogen-bond donors (Lipinski definition) is 3. The smallest absolute Gasteiger partial charge is 0.252 e. The first-order valence-corrected chi connectivity index (χ1v) is 5.56. The lowest BCUT2D eigenvalue weighted by Gasteiger charge is -2.11. The molecule has 16 heavy (non-hydrogen) atoms. The fraction of sp³-hybridized carbons (Fsp3) is 0.636. The highest BCUT2D eigenvalue weighted by Crippen LogP contribution is 2.09. The molecule has 1 atom stereocenters. The third-order valence-electron chi connectivity index (χ3n) is 2.30. The minimum absolute atomic E-state index is 0.172. The molecule has 3 N–H and O–H groups in total. The van der Waals surface area contributed by atoms with Crippen LogP contribution in [0.25, 0.3) is 0 Å². The van der Waals surface area contributed by atoms with Gasteiger partial charge in [0.05, 0.1) is 6.10 Å². The summed E-state index contributed by atoms with van der Waals surface area (Å²) in [4.78, 5) is 18.3. The first-order valence-electron chi connectivity index (χ1n) is 5.56. The molecule has 0 aliphatic heterocycles. The van der Waals surface area contributed by atoms with Gasteiger partial charge in [0.25, 0.3) is 5.56 Å². The number of nitrogens with zero attached hydrogens (tertiary/aromatic N) is 1. The molecule has 0 aromatic carbocycles. The van der Waals surface area contributed by atoms with E-state index in [0.29, 0.717) is 24.6 Å². The molecule has 0 bridgehead atoms. The second-order valence-electron chi connectivity index (χ2n) is 4.11. The summed E-state index contributed by atoms with van der Waals surface area (Å²) in [6, 6.07) is 1.40. The van der Waals surface area contributed by atoms with Gasteiger partial charge in [-0.1, -0.05) is 20.8 Å². The summed E-state index contributed by atoms with van der Waals surface area (Å²) >= 11 is 0. The monoisotopic (exact) mass is 225 g/mol. The van der Waals surface area contributed by atoms with Crippen LogP contribution in [0.4, 0.5) is 5.82 Å². The molecule has 0 saturated carbocycles. The zero-order valence-corrected chi connectivity index (χ0v) is 9.95. The summed E-state index contributed by atoms with van der Waals surface area (Å²) < 4.78 is 0. The maximum atomic E-state index is 11.3. The Kier molecular flexibility index (Phi) is 4.49. The van der Waals surface area contributed by atoms with Crippen LogP contribution in [-0.2, 0) is 0 Å². The minimum atomic E-state index is -0.413. The van der Waals surface area contributed by atoms with Crippen LogP contribution in [0.3, 0.4) is 0 Å². The lowest BCUT2D eigenvalue weighted by Crippen LogP contribution is -2.21. The van der Waals surface area contributed by atoms with Crippen LogP contribution in [0.5, 0.6) is 0 Å². The molecule has 0 saturated heterocycles. The Morgan fingerprint density at radius 2 is 2.25 bits per heavy atom. The molecule has 1 rings (SSSR count). The summed E-state index contributed by atoms with van der Waals surface area (Å²) in [7, 11) is 0. The van der Waals surface area contributed by atoms with Crippen molar-refractivity contribution in [2.24, 2.45) is 0 Å². The molecule has 1 heterocycles. The van der Waals surface area contributed by atoms with Crippen molar-refractivity contribution >= 4 is 5.82 Å². The van der Waals surface area contributed by atoms with Gasteiger partial charge in [0, 0.05) is 18.5 Å². The Balaban J connectivity index is 2.77. The lowest BCUT2D eigenvalue weighted by atomic mass is 10.2. The van der Waals surface area contributed by atoms with Gasteiger partial charge in [0.1, 0.15) is 11.6 Å². The predicted molar refractivity (Wildman–Crippen MR) is 63.7 cm³/mol. The number of H-pyrrole nitrogens is 1. The Bertz CT molecular complexity index is 387. The summed E-state index contributed by atoms with van der Waals surface area (Å²) in [5, 5.41) is 12.3. The van der Waals surface area contributed by atoms with E-state index in [4.69, 9.17) is 0 Å². The number of rotatable bonds is 5. The van der Waals surface area contributed by atoms with Gasteiger partial charge in [-0.15, -0.1) is 0 Å². The average Bonchev–Trinajstić information content (AvgIpc) is 2.25. The molecule has 0 radical (unpaired) electrons. The molecule has 1 unspecified atom stereocenters. The van der Waals surface area contributed by atoms with E-state index in [1.165, 1.54) is 6.07 Å². The quantitative estimate of drug-likeness (QED) is 0.700. The molecular formula is C11H19N3O2. The normalized spacial score (nSPS) is 12.8. The third kappa shape index (κ3) is 3.66. The summed E-state index contributed by atoms with van der Waals surface area (Å²) in [6.07, 6.45) is 0.260. The Morgan fingerprint density at radius 3 is 2.81 bits per heavy atom.